The van der Waals surface area contributed by atoms with Crippen LogP contribution in [0.2, 0.25) is 18.1 Å². The Kier molecular flexibility index (Phi) is 5.84. The lowest BCUT2D eigenvalue weighted by Gasteiger charge is -2.36. The van der Waals surface area contributed by atoms with Crippen LogP contribution in [0, 0.1) is 0 Å². The van der Waals surface area contributed by atoms with Gasteiger partial charge in [-0.1, -0.05) is 40.2 Å². The number of hydrogen-bond acceptors (Lipinski definition) is 2. The third-order valence-corrected chi connectivity index (χ3v) is 8.93. The zero-order chi connectivity index (χ0) is 15.4. The van der Waals surface area contributed by atoms with Gasteiger partial charge in [0.2, 0.25) is 0 Å². The third-order valence-electron chi connectivity index (χ3n) is 4.45. The zero-order valence-electron chi connectivity index (χ0n) is 14.0. The lowest BCUT2D eigenvalue weighted by Crippen LogP contribution is -2.40. The Morgan fingerprint density at radius 1 is 1.35 bits per heavy atom. The highest BCUT2D eigenvalue weighted by Gasteiger charge is 2.37. The molecule has 0 amide bonds. The normalized spacial score (nSPS) is 14.3. The van der Waals surface area contributed by atoms with Crippen molar-refractivity contribution in [3.05, 3.63) is 36.3 Å². The molecule has 1 atom stereocenters. The maximum absolute atomic E-state index is 6.30. The number of hydrogen-bond donors (Lipinski definition) is 0. The van der Waals surface area contributed by atoms with E-state index in [0.29, 0.717) is 12.5 Å². The summed E-state index contributed by atoms with van der Waals surface area (Å²) in [7, 11) is -1.71. The second-order valence-corrected chi connectivity index (χ2v) is 11.8. The molecule has 0 aromatic carbocycles. The SMILES string of the molecule is C=CC(CCC)c1cocc1CO[Si](C)(C)C(C)(C)C. The summed E-state index contributed by atoms with van der Waals surface area (Å²) in [5.74, 6) is 0.372. The minimum atomic E-state index is -1.71. The summed E-state index contributed by atoms with van der Waals surface area (Å²) >= 11 is 0. The summed E-state index contributed by atoms with van der Waals surface area (Å²) in [6, 6.07) is 0. The van der Waals surface area contributed by atoms with Crippen LogP contribution in [0.5, 0.6) is 0 Å². The molecule has 1 unspecified atom stereocenters. The fraction of sp³-hybridized carbons (Fsp3) is 0.647. The van der Waals surface area contributed by atoms with E-state index in [4.69, 9.17) is 8.84 Å². The molecule has 0 aliphatic heterocycles. The Bertz CT molecular complexity index is 426. The molecule has 3 heteroatoms. The van der Waals surface area contributed by atoms with Crippen LogP contribution in [0.25, 0.3) is 0 Å². The molecule has 0 spiro atoms. The number of rotatable bonds is 7. The van der Waals surface area contributed by atoms with Gasteiger partial charge in [0.05, 0.1) is 19.1 Å². The van der Waals surface area contributed by atoms with E-state index in [2.05, 4.69) is 47.4 Å². The van der Waals surface area contributed by atoms with E-state index in [0.717, 1.165) is 12.8 Å². The van der Waals surface area contributed by atoms with Crippen LogP contribution in [0.3, 0.4) is 0 Å². The van der Waals surface area contributed by atoms with Crippen LogP contribution < -0.4 is 0 Å². The van der Waals surface area contributed by atoms with Crippen LogP contribution in [0.15, 0.2) is 29.6 Å². The molecule has 0 saturated carbocycles. The minimum absolute atomic E-state index is 0.234. The van der Waals surface area contributed by atoms with E-state index >= 15 is 0 Å². The lowest BCUT2D eigenvalue weighted by molar-refractivity contribution is 0.274. The zero-order valence-corrected chi connectivity index (χ0v) is 15.0. The topological polar surface area (TPSA) is 22.4 Å². The molecule has 0 aliphatic carbocycles. The molecule has 0 bridgehead atoms. The Hall–Kier alpha value is -0.803. The Balaban J connectivity index is 2.80. The second kappa shape index (κ2) is 6.77. The summed E-state index contributed by atoms with van der Waals surface area (Å²) in [6.45, 7) is 18.1. The minimum Gasteiger partial charge on any atom is -0.472 e. The van der Waals surface area contributed by atoms with E-state index in [1.165, 1.54) is 11.1 Å². The van der Waals surface area contributed by atoms with Crippen LogP contribution in [0.1, 0.15) is 57.6 Å². The smallest absolute Gasteiger partial charge is 0.192 e. The van der Waals surface area contributed by atoms with Crippen molar-refractivity contribution in [3.8, 4) is 0 Å². The van der Waals surface area contributed by atoms with Gasteiger partial charge in [-0.05, 0) is 24.6 Å². The molecule has 1 heterocycles. The molecule has 114 valence electrons. The molecule has 0 aliphatic rings. The quantitative estimate of drug-likeness (QED) is 0.463. The molecule has 20 heavy (non-hydrogen) atoms. The summed E-state index contributed by atoms with van der Waals surface area (Å²) in [4.78, 5) is 0. The van der Waals surface area contributed by atoms with Gasteiger partial charge in [-0.15, -0.1) is 6.58 Å². The average Bonchev–Trinajstić information content (AvgIpc) is 2.80. The lowest BCUT2D eigenvalue weighted by atomic mass is 9.94. The Morgan fingerprint density at radius 2 is 2.00 bits per heavy atom. The molecule has 2 nitrogen and oxygen atoms in total. The fourth-order valence-electron chi connectivity index (χ4n) is 1.96. The molecule has 1 rings (SSSR count). The largest absolute Gasteiger partial charge is 0.472 e. The summed E-state index contributed by atoms with van der Waals surface area (Å²) < 4.78 is 11.7. The van der Waals surface area contributed by atoms with E-state index < -0.39 is 8.32 Å². The number of furan rings is 1. The van der Waals surface area contributed by atoms with Gasteiger partial charge in [0, 0.05) is 17.0 Å². The van der Waals surface area contributed by atoms with Crippen LogP contribution in [-0.4, -0.2) is 8.32 Å². The molecule has 0 N–H and O–H groups in total. The molecule has 0 saturated heterocycles. The molecule has 0 radical (unpaired) electrons. The number of allylic oxidation sites excluding steroid dienone is 1. The standard InChI is InChI=1S/C17H30O2Si/c1-8-10-14(9-2)16-13-18-11-15(16)12-19-20(6,7)17(3,4)5/h9,11,13-14H,2,8,10,12H2,1,3-7H3. The van der Waals surface area contributed by atoms with Crippen molar-refractivity contribution in [1.82, 2.24) is 0 Å². The van der Waals surface area contributed by atoms with Gasteiger partial charge in [-0.3, -0.25) is 0 Å². The van der Waals surface area contributed by atoms with Gasteiger partial charge in [0.15, 0.2) is 8.32 Å². The summed E-state index contributed by atoms with van der Waals surface area (Å²) in [5.41, 5.74) is 2.41. The maximum Gasteiger partial charge on any atom is 0.192 e. The van der Waals surface area contributed by atoms with E-state index in [1.807, 2.05) is 18.6 Å². The molecule has 1 aromatic rings. The first-order valence-corrected chi connectivity index (χ1v) is 10.4. The first kappa shape index (κ1) is 17.2. The van der Waals surface area contributed by atoms with E-state index in [9.17, 15) is 0 Å². The van der Waals surface area contributed by atoms with Gasteiger partial charge >= 0.3 is 0 Å². The third kappa shape index (κ3) is 4.09. The van der Waals surface area contributed by atoms with Crippen molar-refractivity contribution < 1.29 is 8.84 Å². The van der Waals surface area contributed by atoms with Crippen molar-refractivity contribution >= 4 is 8.32 Å². The van der Waals surface area contributed by atoms with E-state index in [1.54, 1.807) is 0 Å². The highest BCUT2D eigenvalue weighted by Crippen LogP contribution is 2.37. The van der Waals surface area contributed by atoms with Crippen molar-refractivity contribution in [2.24, 2.45) is 0 Å². The van der Waals surface area contributed by atoms with Crippen molar-refractivity contribution in [3.63, 3.8) is 0 Å². The summed E-state index contributed by atoms with van der Waals surface area (Å²) in [6.07, 6.45) is 7.95. The predicted octanol–water partition coefficient (Wildman–Crippen LogP) is 5.87. The van der Waals surface area contributed by atoms with E-state index in [-0.39, 0.29) is 5.04 Å². The fourth-order valence-corrected chi connectivity index (χ4v) is 2.91. The summed E-state index contributed by atoms with van der Waals surface area (Å²) in [5, 5.41) is 0.234. The van der Waals surface area contributed by atoms with Gasteiger partial charge in [-0.2, -0.15) is 0 Å². The first-order valence-electron chi connectivity index (χ1n) is 7.54. The predicted molar refractivity (Wildman–Crippen MR) is 88.5 cm³/mol. The average molecular weight is 295 g/mol. The van der Waals surface area contributed by atoms with Crippen LogP contribution in [0.4, 0.5) is 0 Å². The second-order valence-electron chi connectivity index (χ2n) is 7.03. The maximum atomic E-state index is 6.30. The molecular weight excluding hydrogens is 264 g/mol. The van der Waals surface area contributed by atoms with Crippen molar-refractivity contribution in [2.45, 2.75) is 71.2 Å². The molecular formula is C17H30O2Si. The highest BCUT2D eigenvalue weighted by atomic mass is 28.4. The highest BCUT2D eigenvalue weighted by molar-refractivity contribution is 6.74. The first-order chi connectivity index (χ1) is 9.23. The van der Waals surface area contributed by atoms with Crippen molar-refractivity contribution in [1.29, 1.82) is 0 Å². The van der Waals surface area contributed by atoms with Crippen LogP contribution >= 0.6 is 0 Å². The van der Waals surface area contributed by atoms with Gasteiger partial charge in [-0.25, -0.2) is 0 Å². The monoisotopic (exact) mass is 294 g/mol. The van der Waals surface area contributed by atoms with Crippen molar-refractivity contribution in [2.75, 3.05) is 0 Å². The van der Waals surface area contributed by atoms with Crippen LogP contribution in [-0.2, 0) is 11.0 Å². The van der Waals surface area contributed by atoms with Gasteiger partial charge in [0.25, 0.3) is 0 Å². The van der Waals surface area contributed by atoms with Gasteiger partial charge < -0.3 is 8.84 Å². The Labute approximate surface area is 125 Å². The molecule has 0 fully saturated rings. The van der Waals surface area contributed by atoms with Gasteiger partial charge in [0.1, 0.15) is 0 Å². The molecule has 1 aromatic heterocycles. The Morgan fingerprint density at radius 3 is 2.50 bits per heavy atom.